The minimum absolute atomic E-state index is 0.0287. The van der Waals surface area contributed by atoms with Crippen LogP contribution in [0.1, 0.15) is 0 Å². The van der Waals surface area contributed by atoms with Crippen molar-refractivity contribution in [2.24, 2.45) is 0 Å². The molecule has 2 heterocycles. The van der Waals surface area contributed by atoms with Gasteiger partial charge in [-0.2, -0.15) is 4.98 Å². The normalized spacial score (nSPS) is 11.0. The molecule has 0 saturated carbocycles. The molecule has 19 heavy (non-hydrogen) atoms. The number of nitrogens with two attached hydrogens (primary N) is 2. The van der Waals surface area contributed by atoms with Crippen LogP contribution in [-0.4, -0.2) is 19.9 Å². The molecule has 6 N–H and O–H groups in total. The van der Waals surface area contributed by atoms with E-state index in [4.69, 9.17) is 11.5 Å². The molecular weight excluding hydrogens is 251 g/mol. The van der Waals surface area contributed by atoms with E-state index in [0.29, 0.717) is 11.4 Å². The second-order valence-corrected chi connectivity index (χ2v) is 3.97. The average Bonchev–Trinajstić information content (AvgIpc) is 2.76. The summed E-state index contributed by atoms with van der Waals surface area (Å²) in [6, 6.07) is 4.24. The van der Waals surface area contributed by atoms with Crippen molar-refractivity contribution >= 4 is 22.8 Å². The lowest BCUT2D eigenvalue weighted by Gasteiger charge is -1.99. The van der Waals surface area contributed by atoms with Crippen molar-refractivity contribution in [1.29, 1.82) is 0 Å². The fraction of sp³-hybridized carbons (Fsp3) is 0. The Hall–Kier alpha value is -2.90. The number of aromatic nitrogens is 4. The Morgan fingerprint density at radius 3 is 2.68 bits per heavy atom. The van der Waals surface area contributed by atoms with Gasteiger partial charge in [0.15, 0.2) is 11.2 Å². The number of benzene rings is 1. The van der Waals surface area contributed by atoms with E-state index in [-0.39, 0.29) is 22.8 Å². The number of nitrogens with one attached hydrogen (secondary N) is 2. The van der Waals surface area contributed by atoms with Crippen molar-refractivity contribution in [3.8, 4) is 11.4 Å². The van der Waals surface area contributed by atoms with Crippen molar-refractivity contribution in [3.63, 3.8) is 0 Å². The minimum atomic E-state index is -0.556. The van der Waals surface area contributed by atoms with E-state index in [2.05, 4.69) is 19.9 Å². The molecule has 0 amide bonds. The summed E-state index contributed by atoms with van der Waals surface area (Å²) in [5, 5.41) is 0. The number of nitrogens with zero attached hydrogens (tertiary/aromatic N) is 2. The molecule has 7 nitrogen and oxygen atoms in total. The third-order valence-electron chi connectivity index (χ3n) is 2.65. The molecule has 0 aliphatic rings. The van der Waals surface area contributed by atoms with Crippen molar-refractivity contribution in [1.82, 2.24) is 19.9 Å². The van der Waals surface area contributed by atoms with E-state index in [1.54, 1.807) is 6.07 Å². The zero-order valence-corrected chi connectivity index (χ0v) is 9.57. The van der Waals surface area contributed by atoms with Gasteiger partial charge >= 0.3 is 0 Å². The Kier molecular flexibility index (Phi) is 2.24. The molecular formula is C11H9FN6O. The van der Waals surface area contributed by atoms with Gasteiger partial charge in [0.25, 0.3) is 5.56 Å². The number of aromatic amines is 2. The van der Waals surface area contributed by atoms with Crippen molar-refractivity contribution in [2.45, 2.75) is 0 Å². The Labute approximate surface area is 105 Å². The summed E-state index contributed by atoms with van der Waals surface area (Å²) in [6.45, 7) is 0. The van der Waals surface area contributed by atoms with Crippen molar-refractivity contribution < 1.29 is 4.39 Å². The SMILES string of the molecule is Nc1nc2nc(-c3ccc(N)c(F)c3)[nH]c2c(=O)[nH]1. The summed E-state index contributed by atoms with van der Waals surface area (Å²) in [4.78, 5) is 24.7. The first-order valence-corrected chi connectivity index (χ1v) is 5.35. The molecule has 96 valence electrons. The summed E-state index contributed by atoms with van der Waals surface area (Å²) in [7, 11) is 0. The van der Waals surface area contributed by atoms with E-state index in [9.17, 15) is 9.18 Å². The van der Waals surface area contributed by atoms with Crippen LogP contribution < -0.4 is 17.0 Å². The van der Waals surface area contributed by atoms with Crippen LogP contribution in [0.3, 0.4) is 0 Å². The first kappa shape index (κ1) is 11.2. The molecule has 0 unspecified atom stereocenters. The molecule has 8 heteroatoms. The highest BCUT2D eigenvalue weighted by Crippen LogP contribution is 2.21. The van der Waals surface area contributed by atoms with Gasteiger partial charge in [-0.15, -0.1) is 0 Å². The van der Waals surface area contributed by atoms with Crippen LogP contribution in [0.5, 0.6) is 0 Å². The lowest BCUT2D eigenvalue weighted by molar-refractivity contribution is 0.633. The maximum Gasteiger partial charge on any atom is 0.278 e. The van der Waals surface area contributed by atoms with Gasteiger partial charge in [-0.25, -0.2) is 9.37 Å². The first-order valence-electron chi connectivity index (χ1n) is 5.35. The number of hydrogen-bond acceptors (Lipinski definition) is 5. The largest absolute Gasteiger partial charge is 0.396 e. The lowest BCUT2D eigenvalue weighted by Crippen LogP contribution is -2.10. The number of fused-ring (bicyclic) bond motifs is 1. The third-order valence-corrected chi connectivity index (χ3v) is 2.65. The molecule has 0 aliphatic heterocycles. The molecule has 0 aliphatic carbocycles. The summed E-state index contributed by atoms with van der Waals surface area (Å²) < 4.78 is 13.4. The molecule has 0 saturated heterocycles. The van der Waals surface area contributed by atoms with Crippen LogP contribution in [0.15, 0.2) is 23.0 Å². The van der Waals surface area contributed by atoms with Crippen LogP contribution in [-0.2, 0) is 0 Å². The van der Waals surface area contributed by atoms with Gasteiger partial charge in [-0.3, -0.25) is 9.78 Å². The number of H-pyrrole nitrogens is 2. The first-order chi connectivity index (χ1) is 9.04. The average molecular weight is 260 g/mol. The van der Waals surface area contributed by atoms with Crippen molar-refractivity contribution in [3.05, 3.63) is 34.4 Å². The maximum absolute atomic E-state index is 13.4. The van der Waals surface area contributed by atoms with Gasteiger partial charge in [0, 0.05) is 5.56 Å². The fourth-order valence-electron chi connectivity index (χ4n) is 1.74. The minimum Gasteiger partial charge on any atom is -0.396 e. The number of rotatable bonds is 1. The summed E-state index contributed by atoms with van der Waals surface area (Å²) in [6.07, 6.45) is 0. The van der Waals surface area contributed by atoms with Crippen molar-refractivity contribution in [2.75, 3.05) is 11.5 Å². The van der Waals surface area contributed by atoms with E-state index in [1.165, 1.54) is 12.1 Å². The summed E-state index contributed by atoms with van der Waals surface area (Å²) >= 11 is 0. The fourth-order valence-corrected chi connectivity index (χ4v) is 1.74. The Bertz CT molecular complexity index is 837. The van der Waals surface area contributed by atoms with Crippen LogP contribution in [0, 0.1) is 5.82 Å². The molecule has 0 spiro atoms. The van der Waals surface area contributed by atoms with Crippen LogP contribution >= 0.6 is 0 Å². The number of anilines is 2. The predicted octanol–water partition coefficient (Wildman–Crippen LogP) is 0.617. The van der Waals surface area contributed by atoms with Crippen LogP contribution in [0.25, 0.3) is 22.6 Å². The highest BCUT2D eigenvalue weighted by Gasteiger charge is 2.11. The quantitative estimate of drug-likeness (QED) is 0.477. The van der Waals surface area contributed by atoms with Gasteiger partial charge in [-0.05, 0) is 18.2 Å². The standard InChI is InChI=1S/C11H9FN6O/c12-5-3-4(1-2-6(5)13)8-15-7-9(16-8)17-11(14)18-10(7)19/h1-3H,13H2,(H4,14,15,16,17,18,19). The number of hydrogen-bond donors (Lipinski definition) is 4. The second kappa shape index (κ2) is 3.80. The highest BCUT2D eigenvalue weighted by atomic mass is 19.1. The van der Waals surface area contributed by atoms with Gasteiger partial charge < -0.3 is 16.5 Å². The van der Waals surface area contributed by atoms with Gasteiger partial charge in [0.05, 0.1) is 5.69 Å². The molecule has 1 aromatic carbocycles. The molecule has 2 aromatic heterocycles. The number of halogens is 1. The van der Waals surface area contributed by atoms with E-state index >= 15 is 0 Å². The Morgan fingerprint density at radius 2 is 1.95 bits per heavy atom. The Morgan fingerprint density at radius 1 is 1.16 bits per heavy atom. The molecule has 0 radical (unpaired) electrons. The topological polar surface area (TPSA) is 126 Å². The summed E-state index contributed by atoms with van der Waals surface area (Å²) in [5.41, 5.74) is 11.2. The number of nitrogen functional groups attached to an aromatic ring is 2. The molecule has 0 fully saturated rings. The molecule has 0 bridgehead atoms. The van der Waals surface area contributed by atoms with Crippen LogP contribution in [0.4, 0.5) is 16.0 Å². The highest BCUT2D eigenvalue weighted by molar-refractivity contribution is 5.76. The smallest absolute Gasteiger partial charge is 0.278 e. The zero-order chi connectivity index (χ0) is 13.6. The maximum atomic E-state index is 13.4. The monoisotopic (exact) mass is 260 g/mol. The summed E-state index contributed by atoms with van der Waals surface area (Å²) in [5.74, 6) is -0.268. The third kappa shape index (κ3) is 1.79. The lowest BCUT2D eigenvalue weighted by atomic mass is 10.2. The van der Waals surface area contributed by atoms with Crippen LogP contribution in [0.2, 0.25) is 0 Å². The van der Waals surface area contributed by atoms with Gasteiger partial charge in [0.1, 0.15) is 11.6 Å². The predicted molar refractivity (Wildman–Crippen MR) is 68.7 cm³/mol. The second-order valence-electron chi connectivity index (χ2n) is 3.97. The molecule has 0 atom stereocenters. The molecule has 3 aromatic rings. The zero-order valence-electron chi connectivity index (χ0n) is 9.57. The van der Waals surface area contributed by atoms with E-state index < -0.39 is 11.4 Å². The number of imidazole rings is 1. The van der Waals surface area contributed by atoms with Gasteiger partial charge in [-0.1, -0.05) is 0 Å². The van der Waals surface area contributed by atoms with Gasteiger partial charge in [0.2, 0.25) is 5.95 Å². The van der Waals surface area contributed by atoms with E-state index in [0.717, 1.165) is 0 Å². The Balaban J connectivity index is 2.23. The molecule has 3 rings (SSSR count). The van der Waals surface area contributed by atoms with E-state index in [1.807, 2.05) is 0 Å².